The van der Waals surface area contributed by atoms with Crippen LogP contribution in [0.15, 0.2) is 35.3 Å². The van der Waals surface area contributed by atoms with Gasteiger partial charge in [0.2, 0.25) is 0 Å². The molecule has 3 N–H and O–H groups in total. The van der Waals surface area contributed by atoms with E-state index in [0.29, 0.717) is 17.8 Å². The lowest BCUT2D eigenvalue weighted by atomic mass is 9.82. The average Bonchev–Trinajstić information content (AvgIpc) is 3.35. The van der Waals surface area contributed by atoms with Crippen LogP contribution in [0.1, 0.15) is 43.4 Å². The van der Waals surface area contributed by atoms with E-state index in [9.17, 15) is 5.26 Å². The molecule has 2 fully saturated rings. The van der Waals surface area contributed by atoms with E-state index in [1.165, 1.54) is 25.7 Å². The summed E-state index contributed by atoms with van der Waals surface area (Å²) in [5.41, 5.74) is 8.30. The Morgan fingerprint density at radius 1 is 1.23 bits per heavy atom. The maximum Gasteiger partial charge on any atom is 0.193 e. The summed E-state index contributed by atoms with van der Waals surface area (Å²) in [5.74, 6) is 3.07. The highest BCUT2D eigenvalue weighted by Crippen LogP contribution is 2.35. The summed E-state index contributed by atoms with van der Waals surface area (Å²) in [6, 6.07) is 11.9. The van der Waals surface area contributed by atoms with Crippen LogP contribution < -0.4 is 11.1 Å². The molecule has 1 aromatic carbocycles. The molecule has 2 heterocycles. The predicted octanol–water partition coefficient (Wildman–Crippen LogP) is 3.57. The quantitative estimate of drug-likeness (QED) is 0.265. The monoisotopic (exact) mass is 533 g/mol. The van der Waals surface area contributed by atoms with Crippen LogP contribution in [0.5, 0.6) is 0 Å². The van der Waals surface area contributed by atoms with E-state index in [2.05, 4.69) is 26.4 Å². The minimum Gasteiger partial charge on any atom is -0.382 e. The average molecular weight is 533 g/mol. The van der Waals surface area contributed by atoms with Gasteiger partial charge in [0.25, 0.3) is 0 Å². The first-order valence-corrected chi connectivity index (χ1v) is 11.0. The number of para-hydroxylation sites is 1. The van der Waals surface area contributed by atoms with Gasteiger partial charge in [-0.3, -0.25) is 4.99 Å². The van der Waals surface area contributed by atoms with E-state index in [0.717, 1.165) is 55.2 Å². The highest BCUT2D eigenvalue weighted by Gasteiger charge is 2.35. The first kappa shape index (κ1) is 23.4. The molecule has 166 valence electrons. The van der Waals surface area contributed by atoms with Gasteiger partial charge in [0.1, 0.15) is 17.5 Å². The normalized spacial score (nSPS) is 20.6. The molecule has 8 heteroatoms. The lowest BCUT2D eigenvalue weighted by molar-refractivity contribution is 0.299. The van der Waals surface area contributed by atoms with Crippen molar-refractivity contribution in [2.24, 2.45) is 16.8 Å². The molecule has 0 radical (unpaired) electrons. The summed E-state index contributed by atoms with van der Waals surface area (Å²) in [4.78, 5) is 6.92. The summed E-state index contributed by atoms with van der Waals surface area (Å²) in [6.45, 7) is 3.04. The zero-order valence-corrected chi connectivity index (χ0v) is 20.5. The molecule has 2 aromatic rings. The third kappa shape index (κ3) is 5.14. The number of guanidine groups is 1. The molecular formula is C23H32IN7. The van der Waals surface area contributed by atoms with Gasteiger partial charge in [-0.1, -0.05) is 31.0 Å². The minimum atomic E-state index is 0. The van der Waals surface area contributed by atoms with E-state index < -0.39 is 0 Å². The van der Waals surface area contributed by atoms with Crippen LogP contribution in [-0.2, 0) is 6.42 Å². The van der Waals surface area contributed by atoms with E-state index in [1.54, 1.807) is 4.68 Å². The maximum absolute atomic E-state index is 9.56. The number of halogens is 1. The Labute approximate surface area is 201 Å². The Morgan fingerprint density at radius 3 is 2.52 bits per heavy atom. The Bertz CT molecular complexity index is 917. The molecule has 1 saturated carbocycles. The van der Waals surface area contributed by atoms with E-state index >= 15 is 0 Å². The molecule has 0 amide bonds. The van der Waals surface area contributed by atoms with Crippen molar-refractivity contribution in [2.75, 3.05) is 32.4 Å². The molecule has 31 heavy (non-hydrogen) atoms. The molecule has 1 aliphatic carbocycles. The van der Waals surface area contributed by atoms with Crippen LogP contribution in [0.25, 0.3) is 5.69 Å². The first-order valence-electron chi connectivity index (χ1n) is 11.0. The highest BCUT2D eigenvalue weighted by atomic mass is 127. The van der Waals surface area contributed by atoms with Crippen LogP contribution in [0, 0.1) is 23.2 Å². The number of benzene rings is 1. The number of anilines is 1. The number of nitrogen functional groups attached to an aromatic ring is 1. The smallest absolute Gasteiger partial charge is 0.193 e. The van der Waals surface area contributed by atoms with Crippen molar-refractivity contribution in [1.82, 2.24) is 20.0 Å². The van der Waals surface area contributed by atoms with Crippen molar-refractivity contribution >= 4 is 35.8 Å². The van der Waals surface area contributed by atoms with Crippen LogP contribution in [0.2, 0.25) is 0 Å². The summed E-state index contributed by atoms with van der Waals surface area (Å²) in [6.07, 6.45) is 7.03. The number of nitrogens with zero attached hydrogens (tertiary/aromatic N) is 5. The van der Waals surface area contributed by atoms with Gasteiger partial charge < -0.3 is 16.0 Å². The number of hydrogen-bond acceptors (Lipinski definition) is 4. The van der Waals surface area contributed by atoms with Crippen molar-refractivity contribution in [3.8, 4) is 11.8 Å². The second-order valence-corrected chi connectivity index (χ2v) is 8.35. The standard InChI is InChI=1S/C23H31N7.HI/c1-26-23(29-15-17-8-5-6-9-18(17)16-29)27-13-7-12-21-20(14-24)22(25)30(28-21)19-10-3-2-4-11-19;/h2-4,10-11,17-18H,5-9,12-13,15-16,25H2,1H3,(H,26,27);1H. The second-order valence-electron chi connectivity index (χ2n) is 8.35. The summed E-state index contributed by atoms with van der Waals surface area (Å²) in [7, 11) is 1.86. The number of hydrogen-bond donors (Lipinski definition) is 2. The lowest BCUT2D eigenvalue weighted by Crippen LogP contribution is -2.40. The van der Waals surface area contributed by atoms with E-state index in [4.69, 9.17) is 5.73 Å². The number of aliphatic imine (C=N–C) groups is 1. The van der Waals surface area contributed by atoms with Crippen LogP contribution in [-0.4, -0.2) is 47.3 Å². The largest absolute Gasteiger partial charge is 0.382 e. The molecule has 0 bridgehead atoms. The topological polar surface area (TPSA) is 95.3 Å². The molecule has 7 nitrogen and oxygen atoms in total. The van der Waals surface area contributed by atoms with Gasteiger partial charge in [0, 0.05) is 26.7 Å². The van der Waals surface area contributed by atoms with Gasteiger partial charge in [-0.25, -0.2) is 4.68 Å². The summed E-state index contributed by atoms with van der Waals surface area (Å²) >= 11 is 0. The van der Waals surface area contributed by atoms with Crippen molar-refractivity contribution in [1.29, 1.82) is 5.26 Å². The van der Waals surface area contributed by atoms with E-state index in [1.807, 2.05) is 37.4 Å². The first-order chi connectivity index (χ1) is 14.7. The van der Waals surface area contributed by atoms with E-state index in [-0.39, 0.29) is 24.0 Å². The SMILES string of the molecule is CN=C(NCCCc1nn(-c2ccccc2)c(N)c1C#N)N1CC2CCCCC2C1.I. The van der Waals surface area contributed by atoms with Crippen molar-refractivity contribution in [3.63, 3.8) is 0 Å². The Morgan fingerprint density at radius 2 is 1.90 bits per heavy atom. The van der Waals surface area contributed by atoms with Gasteiger partial charge in [0.15, 0.2) is 5.96 Å². The number of aromatic nitrogens is 2. The van der Waals surface area contributed by atoms with Gasteiger partial charge >= 0.3 is 0 Å². The number of likely N-dealkylation sites (tertiary alicyclic amines) is 1. The fourth-order valence-electron chi connectivity index (χ4n) is 4.91. The van der Waals surface area contributed by atoms with Crippen molar-refractivity contribution < 1.29 is 0 Å². The molecule has 1 aliphatic heterocycles. The highest BCUT2D eigenvalue weighted by molar-refractivity contribution is 14.0. The van der Waals surface area contributed by atoms with Gasteiger partial charge in [0.05, 0.1) is 11.4 Å². The van der Waals surface area contributed by atoms with Gasteiger partial charge in [-0.15, -0.1) is 24.0 Å². The summed E-state index contributed by atoms with van der Waals surface area (Å²) in [5, 5.41) is 17.7. The number of rotatable bonds is 5. The fraction of sp³-hybridized carbons (Fsp3) is 0.522. The molecular weight excluding hydrogens is 501 g/mol. The van der Waals surface area contributed by atoms with Crippen molar-refractivity contribution in [3.05, 3.63) is 41.6 Å². The molecule has 2 unspecified atom stereocenters. The predicted molar refractivity (Wildman–Crippen MR) is 135 cm³/mol. The minimum absolute atomic E-state index is 0. The Balaban J connectivity index is 0.00000272. The molecule has 1 saturated heterocycles. The number of nitriles is 1. The second kappa shape index (κ2) is 10.8. The third-order valence-electron chi connectivity index (χ3n) is 6.47. The zero-order valence-electron chi connectivity index (χ0n) is 18.1. The molecule has 1 aromatic heterocycles. The molecule has 2 aliphatic rings. The molecule has 0 spiro atoms. The zero-order chi connectivity index (χ0) is 20.9. The number of nitrogens with one attached hydrogen (secondary N) is 1. The van der Waals surface area contributed by atoms with Gasteiger partial charge in [-0.05, 0) is 49.7 Å². The van der Waals surface area contributed by atoms with Crippen molar-refractivity contribution in [2.45, 2.75) is 38.5 Å². The number of fused-ring (bicyclic) bond motifs is 1. The van der Waals surface area contributed by atoms with Crippen LogP contribution in [0.3, 0.4) is 0 Å². The maximum atomic E-state index is 9.56. The van der Waals surface area contributed by atoms with Crippen LogP contribution >= 0.6 is 24.0 Å². The Kier molecular flexibility index (Phi) is 8.18. The summed E-state index contributed by atoms with van der Waals surface area (Å²) < 4.78 is 1.66. The number of nitrogens with two attached hydrogens (primary N) is 1. The van der Waals surface area contributed by atoms with Crippen LogP contribution in [0.4, 0.5) is 5.82 Å². The lowest BCUT2D eigenvalue weighted by Gasteiger charge is -2.22. The number of aryl methyl sites for hydroxylation is 1. The Hall–Kier alpha value is -2.28. The fourth-order valence-corrected chi connectivity index (χ4v) is 4.91. The van der Waals surface area contributed by atoms with Gasteiger partial charge in [-0.2, -0.15) is 10.4 Å². The molecule has 2 atom stereocenters. The third-order valence-corrected chi connectivity index (χ3v) is 6.47. The molecule has 4 rings (SSSR count).